The molecule has 0 saturated carbocycles. The summed E-state index contributed by atoms with van der Waals surface area (Å²) in [6.07, 6.45) is -0.522. The van der Waals surface area contributed by atoms with Gasteiger partial charge < -0.3 is 11.1 Å². The smallest absolute Gasteiger partial charge is 0.244 e. The molecule has 0 aliphatic heterocycles. The van der Waals surface area contributed by atoms with E-state index in [0.29, 0.717) is 0 Å². The van der Waals surface area contributed by atoms with Gasteiger partial charge in [0.05, 0.1) is 5.75 Å². The van der Waals surface area contributed by atoms with Crippen LogP contribution in [0.1, 0.15) is 6.42 Å². The van der Waals surface area contributed by atoms with Crippen LogP contribution < -0.4 is 11.1 Å². The van der Waals surface area contributed by atoms with Crippen LogP contribution in [0, 0.1) is 0 Å². The lowest BCUT2D eigenvalue weighted by molar-refractivity contribution is -0.125. The highest BCUT2D eigenvalue weighted by Crippen LogP contribution is 1.96. The van der Waals surface area contributed by atoms with E-state index in [9.17, 15) is 18.0 Å². The lowest BCUT2D eigenvalue weighted by atomic mass is 10.2. The largest absolute Gasteiger partial charge is 0.331 e. The van der Waals surface area contributed by atoms with Crippen molar-refractivity contribution in [3.05, 3.63) is 24.6 Å². The summed E-state index contributed by atoms with van der Waals surface area (Å²) in [5.74, 6) is -1.53. The van der Waals surface area contributed by atoms with Gasteiger partial charge in [0, 0.05) is 11.8 Å². The first-order chi connectivity index (χ1) is 7.32. The highest BCUT2D eigenvalue weighted by molar-refractivity contribution is 7.94. The van der Waals surface area contributed by atoms with Crippen molar-refractivity contribution in [3.63, 3.8) is 0 Å². The predicted molar refractivity (Wildman–Crippen MR) is 59.9 cm³/mol. The van der Waals surface area contributed by atoms with Crippen LogP contribution in [-0.2, 0) is 19.4 Å². The van der Waals surface area contributed by atoms with E-state index in [1.807, 2.05) is 0 Å². The van der Waals surface area contributed by atoms with Crippen LogP contribution in [0.2, 0.25) is 0 Å². The summed E-state index contributed by atoms with van der Waals surface area (Å²) < 4.78 is 22.0. The molecule has 0 rings (SSSR count). The molecule has 1 amide bonds. The van der Waals surface area contributed by atoms with Crippen molar-refractivity contribution in [2.24, 2.45) is 5.73 Å². The van der Waals surface area contributed by atoms with Gasteiger partial charge in [-0.15, -0.1) is 0 Å². The summed E-state index contributed by atoms with van der Waals surface area (Å²) in [5.41, 5.74) is 5.31. The average molecular weight is 246 g/mol. The topological polar surface area (TPSA) is 106 Å². The van der Waals surface area contributed by atoms with E-state index in [4.69, 9.17) is 5.73 Å². The number of nitrogens with two attached hydrogens (primary N) is 1. The van der Waals surface area contributed by atoms with Crippen LogP contribution in [0.4, 0.5) is 0 Å². The molecule has 90 valence electrons. The van der Waals surface area contributed by atoms with Gasteiger partial charge in [-0.05, 0) is 6.08 Å². The van der Waals surface area contributed by atoms with Crippen molar-refractivity contribution < 1.29 is 18.0 Å². The lowest BCUT2D eigenvalue weighted by Crippen LogP contribution is -2.47. The molecule has 0 aromatic carbocycles. The van der Waals surface area contributed by atoms with E-state index in [1.54, 1.807) is 0 Å². The zero-order valence-electron chi connectivity index (χ0n) is 8.68. The molecule has 1 unspecified atom stereocenters. The van der Waals surface area contributed by atoms with Crippen LogP contribution in [0.25, 0.3) is 0 Å². The first kappa shape index (κ1) is 14.5. The maximum absolute atomic E-state index is 11.3. The van der Waals surface area contributed by atoms with Gasteiger partial charge in [-0.25, -0.2) is 8.42 Å². The molecule has 0 spiro atoms. The molecule has 0 bridgehead atoms. The molecule has 0 aliphatic carbocycles. The molecule has 0 aliphatic rings. The van der Waals surface area contributed by atoms with Crippen LogP contribution in [0.3, 0.4) is 0 Å². The van der Waals surface area contributed by atoms with Gasteiger partial charge >= 0.3 is 0 Å². The fourth-order valence-electron chi connectivity index (χ4n) is 0.774. The number of ketones is 1. The van der Waals surface area contributed by atoms with E-state index in [2.05, 4.69) is 18.5 Å². The Bertz CT molecular complexity index is 400. The molecule has 0 aromatic heterocycles. The molecule has 6 nitrogen and oxygen atoms in total. The van der Waals surface area contributed by atoms with Crippen molar-refractivity contribution in [1.82, 2.24) is 5.32 Å². The van der Waals surface area contributed by atoms with E-state index in [0.717, 1.165) is 11.5 Å². The highest BCUT2D eigenvalue weighted by atomic mass is 32.2. The molecule has 0 heterocycles. The monoisotopic (exact) mass is 246 g/mol. The Morgan fingerprint density at radius 3 is 2.38 bits per heavy atom. The number of nitrogens with one attached hydrogen (secondary N) is 1. The second-order valence-electron chi connectivity index (χ2n) is 2.94. The summed E-state index contributed by atoms with van der Waals surface area (Å²) in [6.45, 7) is 6.29. The molecule has 0 saturated heterocycles. The zero-order chi connectivity index (χ0) is 12.8. The van der Waals surface area contributed by atoms with Crippen molar-refractivity contribution in [2.75, 3.05) is 5.75 Å². The Hall–Kier alpha value is -1.47. The second-order valence-corrected chi connectivity index (χ2v) is 5.01. The summed E-state index contributed by atoms with van der Waals surface area (Å²) >= 11 is 0. The molecule has 3 N–H and O–H groups in total. The average Bonchev–Trinajstić information content (AvgIpc) is 2.25. The third-order valence-corrected chi connectivity index (χ3v) is 3.00. The summed E-state index contributed by atoms with van der Waals surface area (Å²) in [5, 5.41) is 2.91. The molecular weight excluding hydrogens is 232 g/mol. The Morgan fingerprint density at radius 2 is 1.94 bits per heavy atom. The molecule has 0 fully saturated rings. The van der Waals surface area contributed by atoms with E-state index < -0.39 is 27.7 Å². The van der Waals surface area contributed by atoms with Crippen LogP contribution in [-0.4, -0.2) is 32.0 Å². The van der Waals surface area contributed by atoms with Gasteiger partial charge in [-0.2, -0.15) is 0 Å². The summed E-state index contributed by atoms with van der Waals surface area (Å²) in [6, 6.07) is 0. The van der Waals surface area contributed by atoms with Gasteiger partial charge in [-0.1, -0.05) is 13.2 Å². The van der Waals surface area contributed by atoms with Crippen LogP contribution in [0.5, 0.6) is 0 Å². The SMILES string of the molecule is C=CC(=O)NC(N)C(=O)CCS(=O)(=O)C=C. The normalized spacial score (nSPS) is 12.6. The fourth-order valence-corrected chi connectivity index (χ4v) is 1.43. The molecule has 1 atom stereocenters. The number of amides is 1. The van der Waals surface area contributed by atoms with Gasteiger partial charge in [0.15, 0.2) is 15.6 Å². The minimum Gasteiger partial charge on any atom is -0.331 e. The molecule has 0 radical (unpaired) electrons. The number of Topliss-reactive ketones (excluding diaryl/α,β-unsaturated/α-hetero) is 1. The quantitative estimate of drug-likeness (QED) is 0.447. The van der Waals surface area contributed by atoms with Crippen LogP contribution >= 0.6 is 0 Å². The van der Waals surface area contributed by atoms with E-state index in [1.165, 1.54) is 0 Å². The predicted octanol–water partition coefficient (Wildman–Crippen LogP) is -0.909. The minimum atomic E-state index is -3.43. The Kier molecular flexibility index (Phi) is 5.62. The third kappa shape index (κ3) is 5.42. The summed E-state index contributed by atoms with van der Waals surface area (Å²) in [4.78, 5) is 22.1. The van der Waals surface area contributed by atoms with Gasteiger partial charge in [0.2, 0.25) is 5.91 Å². The Labute approximate surface area is 94.1 Å². The molecule has 0 aromatic rings. The van der Waals surface area contributed by atoms with Crippen molar-refractivity contribution in [1.29, 1.82) is 0 Å². The number of hydrogen-bond acceptors (Lipinski definition) is 5. The number of carbonyl (C=O) groups excluding carboxylic acids is 2. The zero-order valence-corrected chi connectivity index (χ0v) is 9.50. The van der Waals surface area contributed by atoms with E-state index >= 15 is 0 Å². The Morgan fingerprint density at radius 1 is 1.38 bits per heavy atom. The van der Waals surface area contributed by atoms with Crippen molar-refractivity contribution >= 4 is 21.5 Å². The standard InChI is InChI=1S/C9H14N2O4S/c1-3-8(13)11-9(10)7(12)5-6-16(14,15)4-2/h3-4,9H,1-2,5-6,10H2,(H,11,13). The van der Waals surface area contributed by atoms with Crippen molar-refractivity contribution in [3.8, 4) is 0 Å². The first-order valence-corrected chi connectivity index (χ1v) is 6.10. The highest BCUT2D eigenvalue weighted by Gasteiger charge is 2.17. The Balaban J connectivity index is 4.22. The third-order valence-electron chi connectivity index (χ3n) is 1.72. The van der Waals surface area contributed by atoms with E-state index in [-0.39, 0.29) is 12.2 Å². The number of carbonyl (C=O) groups is 2. The molecule has 16 heavy (non-hydrogen) atoms. The van der Waals surface area contributed by atoms with Gasteiger partial charge in [-0.3, -0.25) is 9.59 Å². The lowest BCUT2D eigenvalue weighted by Gasteiger charge is -2.10. The van der Waals surface area contributed by atoms with Gasteiger partial charge in [0.1, 0.15) is 6.17 Å². The second kappa shape index (κ2) is 6.19. The van der Waals surface area contributed by atoms with Gasteiger partial charge in [0.25, 0.3) is 0 Å². The maximum Gasteiger partial charge on any atom is 0.244 e. The number of hydrogen-bond donors (Lipinski definition) is 2. The molecular formula is C9H14N2O4S. The first-order valence-electron chi connectivity index (χ1n) is 4.39. The fraction of sp³-hybridized carbons (Fsp3) is 0.333. The number of sulfone groups is 1. The minimum absolute atomic E-state index is 0.271. The van der Waals surface area contributed by atoms with Crippen molar-refractivity contribution in [2.45, 2.75) is 12.6 Å². The summed E-state index contributed by atoms with van der Waals surface area (Å²) in [7, 11) is -3.43. The maximum atomic E-state index is 11.3. The number of rotatable bonds is 7. The molecule has 7 heteroatoms. The van der Waals surface area contributed by atoms with Crippen LogP contribution in [0.15, 0.2) is 24.6 Å².